The van der Waals surface area contributed by atoms with Gasteiger partial charge in [0, 0.05) is 34.5 Å². The Bertz CT molecular complexity index is 869. The highest BCUT2D eigenvalue weighted by Gasteiger charge is 2.39. The number of halogens is 1. The van der Waals surface area contributed by atoms with E-state index in [1.807, 2.05) is 0 Å². The van der Waals surface area contributed by atoms with Crippen LogP contribution in [0.1, 0.15) is 25.3 Å². The molecule has 0 saturated carbocycles. The van der Waals surface area contributed by atoms with Crippen molar-refractivity contribution >= 4 is 41.7 Å². The molecule has 1 amide bonds. The quantitative estimate of drug-likeness (QED) is 0.320. The maximum absolute atomic E-state index is 13.0. The zero-order valence-corrected chi connectivity index (χ0v) is 18.7. The highest BCUT2D eigenvalue weighted by atomic mass is 35.5. The van der Waals surface area contributed by atoms with Crippen LogP contribution in [0.4, 0.5) is 0 Å². The van der Waals surface area contributed by atoms with Gasteiger partial charge in [-0.25, -0.2) is 9.59 Å². The number of carbonyl (C=O) groups excluding carboxylic acids is 3. The van der Waals surface area contributed by atoms with Crippen molar-refractivity contribution in [3.05, 3.63) is 57.4 Å². The first-order valence-corrected chi connectivity index (χ1v) is 10.9. The molecule has 1 aromatic carbocycles. The average molecular weight is 453 g/mol. The Balaban J connectivity index is 2.56. The second-order valence-corrected chi connectivity index (χ2v) is 7.86. The van der Waals surface area contributed by atoms with Crippen molar-refractivity contribution in [2.24, 2.45) is 0 Å². The lowest BCUT2D eigenvalue weighted by Crippen LogP contribution is -2.34. The molecule has 1 aromatic rings. The third-order valence-electron chi connectivity index (χ3n) is 4.48. The lowest BCUT2D eigenvalue weighted by atomic mass is 9.80. The molecule has 1 heterocycles. The first-order chi connectivity index (χ1) is 14.5. The minimum absolute atomic E-state index is 0.192. The van der Waals surface area contributed by atoms with Gasteiger partial charge in [0.1, 0.15) is 0 Å². The minimum Gasteiger partial charge on any atom is -0.466 e. The topological polar surface area (TPSA) is 93.7 Å². The van der Waals surface area contributed by atoms with Gasteiger partial charge in [0.2, 0.25) is 6.41 Å². The van der Waals surface area contributed by atoms with Gasteiger partial charge in [-0.1, -0.05) is 29.8 Å². The number of ether oxygens (including phenoxy) is 2. The molecular weight excluding hydrogens is 428 g/mol. The molecule has 30 heavy (non-hydrogen) atoms. The number of nitrogens with one attached hydrogen (secondary N) is 2. The lowest BCUT2D eigenvalue weighted by Gasteiger charge is -2.31. The summed E-state index contributed by atoms with van der Waals surface area (Å²) in [5, 5.41) is 6.22. The summed E-state index contributed by atoms with van der Waals surface area (Å²) in [5.74, 6) is -0.681. The summed E-state index contributed by atoms with van der Waals surface area (Å²) in [7, 11) is 1.30. The number of esters is 2. The van der Waals surface area contributed by atoms with Crippen molar-refractivity contribution < 1.29 is 23.9 Å². The van der Waals surface area contributed by atoms with Crippen molar-refractivity contribution in [3.8, 4) is 0 Å². The van der Waals surface area contributed by atoms with E-state index in [4.69, 9.17) is 21.1 Å². The van der Waals surface area contributed by atoms with E-state index in [9.17, 15) is 14.4 Å². The van der Waals surface area contributed by atoms with Crippen LogP contribution in [-0.2, 0) is 23.9 Å². The Labute approximate surface area is 185 Å². The van der Waals surface area contributed by atoms with E-state index in [1.165, 1.54) is 18.9 Å². The van der Waals surface area contributed by atoms with E-state index < -0.39 is 17.9 Å². The summed E-state index contributed by atoms with van der Waals surface area (Å²) < 4.78 is 10.3. The largest absolute Gasteiger partial charge is 0.466 e. The zero-order chi connectivity index (χ0) is 22.1. The number of rotatable bonds is 10. The Kier molecular flexibility index (Phi) is 9.26. The third kappa shape index (κ3) is 5.58. The van der Waals surface area contributed by atoms with Crippen LogP contribution < -0.4 is 10.6 Å². The fourth-order valence-electron chi connectivity index (χ4n) is 3.23. The van der Waals surface area contributed by atoms with Gasteiger partial charge >= 0.3 is 11.9 Å². The Morgan fingerprint density at radius 1 is 1.27 bits per heavy atom. The zero-order valence-electron chi connectivity index (χ0n) is 17.1. The number of allylic oxidation sites excluding steroid dienone is 1. The molecule has 0 aromatic heterocycles. The molecule has 162 valence electrons. The van der Waals surface area contributed by atoms with E-state index in [-0.39, 0.29) is 6.61 Å². The Hall–Kier alpha value is -2.45. The first kappa shape index (κ1) is 23.8. The summed E-state index contributed by atoms with van der Waals surface area (Å²) in [5.41, 5.74) is 2.48. The highest BCUT2D eigenvalue weighted by Crippen LogP contribution is 2.42. The molecule has 1 aliphatic rings. The normalized spacial score (nSPS) is 16.1. The number of thioether (sulfide) groups is 1. The van der Waals surface area contributed by atoms with Crippen molar-refractivity contribution in [1.29, 1.82) is 0 Å². The van der Waals surface area contributed by atoms with Crippen molar-refractivity contribution in [3.63, 3.8) is 0 Å². The highest BCUT2D eigenvalue weighted by molar-refractivity contribution is 7.99. The van der Waals surface area contributed by atoms with Crippen LogP contribution in [0.15, 0.2) is 46.8 Å². The first-order valence-electron chi connectivity index (χ1n) is 9.41. The molecule has 1 atom stereocenters. The number of carbonyl (C=O) groups is 3. The molecule has 0 spiro atoms. The summed E-state index contributed by atoms with van der Waals surface area (Å²) in [6, 6.07) is 7.08. The second kappa shape index (κ2) is 11.7. The van der Waals surface area contributed by atoms with E-state index in [0.717, 1.165) is 0 Å². The maximum atomic E-state index is 13.0. The van der Waals surface area contributed by atoms with Crippen molar-refractivity contribution in [2.45, 2.75) is 19.8 Å². The van der Waals surface area contributed by atoms with Crippen LogP contribution in [0.25, 0.3) is 0 Å². The molecule has 2 N–H and O–H groups in total. The molecule has 0 fully saturated rings. The number of hydrogen-bond donors (Lipinski definition) is 2. The van der Waals surface area contributed by atoms with Crippen molar-refractivity contribution in [2.75, 3.05) is 31.8 Å². The maximum Gasteiger partial charge on any atom is 0.336 e. The van der Waals surface area contributed by atoms with Crippen LogP contribution in [0.3, 0.4) is 0 Å². The standard InChI is InChI=1S/C21H25ClN2O5S/c1-4-29-21(27)19-16(11-30-10-9-23-12-25)24-13(2)17(20(26)28-3)18(19)14-7-5-6-8-15(14)22/h5-8,12,18,24H,4,9-11H2,1-3H3,(H,23,25). The number of methoxy groups -OCH3 is 1. The fraction of sp³-hybridized carbons (Fsp3) is 0.381. The number of hydrogen-bond acceptors (Lipinski definition) is 7. The predicted molar refractivity (Wildman–Crippen MR) is 117 cm³/mol. The van der Waals surface area contributed by atoms with E-state index >= 15 is 0 Å². The molecular formula is C21H25ClN2O5S. The van der Waals surface area contributed by atoms with E-state index in [0.29, 0.717) is 57.6 Å². The molecule has 7 nitrogen and oxygen atoms in total. The van der Waals surface area contributed by atoms with Gasteiger partial charge in [-0.05, 0) is 25.5 Å². The molecule has 9 heteroatoms. The molecule has 1 unspecified atom stereocenters. The van der Waals surface area contributed by atoms with Crippen molar-refractivity contribution in [1.82, 2.24) is 10.6 Å². The summed E-state index contributed by atoms with van der Waals surface area (Å²) >= 11 is 7.99. The van der Waals surface area contributed by atoms with Crippen LogP contribution in [0.2, 0.25) is 5.02 Å². The smallest absolute Gasteiger partial charge is 0.336 e. The van der Waals surface area contributed by atoms with Gasteiger partial charge in [-0.3, -0.25) is 4.79 Å². The summed E-state index contributed by atoms with van der Waals surface area (Å²) in [6.45, 7) is 4.18. The molecule has 1 aliphatic heterocycles. The van der Waals surface area contributed by atoms with Crippen LogP contribution in [0.5, 0.6) is 0 Å². The molecule has 0 aliphatic carbocycles. The molecule has 0 radical (unpaired) electrons. The molecule has 0 bridgehead atoms. The van der Waals surface area contributed by atoms with E-state index in [1.54, 1.807) is 38.1 Å². The summed E-state index contributed by atoms with van der Waals surface area (Å²) in [4.78, 5) is 36.1. The number of benzene rings is 1. The van der Waals surface area contributed by atoms with Crippen LogP contribution in [0, 0.1) is 0 Å². The number of amides is 1. The second-order valence-electron chi connectivity index (χ2n) is 6.35. The SMILES string of the molecule is CCOC(=O)C1=C(CSCCNC=O)NC(C)=C(C(=O)OC)C1c1ccccc1Cl. The van der Waals surface area contributed by atoms with Gasteiger partial charge in [0.25, 0.3) is 0 Å². The molecule has 2 rings (SSSR count). The van der Waals surface area contributed by atoms with Gasteiger partial charge < -0.3 is 20.1 Å². The lowest BCUT2D eigenvalue weighted by molar-refractivity contribution is -0.139. The van der Waals surface area contributed by atoms with Gasteiger partial charge in [-0.2, -0.15) is 11.8 Å². The minimum atomic E-state index is -0.727. The Morgan fingerprint density at radius 2 is 2.00 bits per heavy atom. The molecule has 0 saturated heterocycles. The third-order valence-corrected chi connectivity index (χ3v) is 5.81. The Morgan fingerprint density at radius 3 is 2.63 bits per heavy atom. The van der Waals surface area contributed by atoms with Crippen LogP contribution >= 0.6 is 23.4 Å². The predicted octanol–water partition coefficient (Wildman–Crippen LogP) is 2.77. The van der Waals surface area contributed by atoms with E-state index in [2.05, 4.69) is 10.6 Å². The average Bonchev–Trinajstić information content (AvgIpc) is 2.73. The van der Waals surface area contributed by atoms with Gasteiger partial charge in [0.15, 0.2) is 0 Å². The van der Waals surface area contributed by atoms with Gasteiger partial charge in [0.05, 0.1) is 30.8 Å². The fourth-order valence-corrected chi connectivity index (χ4v) is 4.31. The van der Waals surface area contributed by atoms with Gasteiger partial charge in [-0.15, -0.1) is 0 Å². The van der Waals surface area contributed by atoms with Crippen LogP contribution in [-0.4, -0.2) is 50.1 Å². The number of dihydropyridines is 1. The summed E-state index contributed by atoms with van der Waals surface area (Å²) in [6.07, 6.45) is 0.645. The monoisotopic (exact) mass is 452 g/mol.